The zero-order valence-electron chi connectivity index (χ0n) is 56.6. The van der Waals surface area contributed by atoms with Crippen LogP contribution in [0.5, 0.6) is 0 Å². The van der Waals surface area contributed by atoms with Crippen molar-refractivity contribution in [2.24, 2.45) is 23.7 Å². The molecular formula is C68H132O17P2. The van der Waals surface area contributed by atoms with E-state index in [1.165, 1.54) is 128 Å². The van der Waals surface area contributed by atoms with Crippen LogP contribution < -0.4 is 0 Å². The smallest absolute Gasteiger partial charge is 0.462 e. The summed E-state index contributed by atoms with van der Waals surface area (Å²) < 4.78 is 68.2. The van der Waals surface area contributed by atoms with E-state index in [-0.39, 0.29) is 25.7 Å². The quantitative estimate of drug-likeness (QED) is 0.0222. The number of hydrogen-bond donors (Lipinski definition) is 3. The van der Waals surface area contributed by atoms with Crippen LogP contribution in [0.1, 0.15) is 331 Å². The molecule has 8 atom stereocenters. The largest absolute Gasteiger partial charge is 0.472 e. The first kappa shape index (κ1) is 85.1. The molecule has 87 heavy (non-hydrogen) atoms. The van der Waals surface area contributed by atoms with E-state index < -0.39 is 97.5 Å². The predicted molar refractivity (Wildman–Crippen MR) is 349 cm³/mol. The highest BCUT2D eigenvalue weighted by atomic mass is 31.2. The van der Waals surface area contributed by atoms with Gasteiger partial charge in [-0.1, -0.05) is 280 Å². The summed E-state index contributed by atoms with van der Waals surface area (Å²) in [6.07, 6.45) is 39.0. The summed E-state index contributed by atoms with van der Waals surface area (Å²) in [6.45, 7) is 14.1. The molecule has 0 fully saturated rings. The molecule has 516 valence electrons. The van der Waals surface area contributed by atoms with E-state index in [0.29, 0.717) is 31.6 Å². The molecule has 19 heteroatoms. The minimum atomic E-state index is -4.95. The van der Waals surface area contributed by atoms with Crippen molar-refractivity contribution in [2.75, 3.05) is 39.6 Å². The Bertz CT molecular complexity index is 1740. The van der Waals surface area contributed by atoms with Gasteiger partial charge in [0.25, 0.3) is 0 Å². The van der Waals surface area contributed by atoms with Gasteiger partial charge in [0, 0.05) is 25.7 Å². The number of carbonyl (C=O) groups is 4. The van der Waals surface area contributed by atoms with Gasteiger partial charge < -0.3 is 33.8 Å². The first-order valence-electron chi connectivity index (χ1n) is 35.3. The van der Waals surface area contributed by atoms with E-state index in [0.717, 1.165) is 114 Å². The van der Waals surface area contributed by atoms with Gasteiger partial charge in [-0.25, -0.2) is 9.13 Å². The van der Waals surface area contributed by atoms with Gasteiger partial charge in [0.2, 0.25) is 0 Å². The molecule has 0 aliphatic heterocycles. The highest BCUT2D eigenvalue weighted by Crippen LogP contribution is 2.45. The normalized spacial score (nSPS) is 15.3. The summed E-state index contributed by atoms with van der Waals surface area (Å²) in [5.74, 6) is 0.876. The van der Waals surface area contributed by atoms with Crippen LogP contribution in [0.15, 0.2) is 0 Å². The molecule has 0 saturated heterocycles. The van der Waals surface area contributed by atoms with Crippen molar-refractivity contribution in [3.8, 4) is 0 Å². The Hall–Kier alpha value is -1.94. The van der Waals surface area contributed by atoms with E-state index in [4.69, 9.17) is 37.0 Å². The number of esters is 4. The van der Waals surface area contributed by atoms with Crippen molar-refractivity contribution in [1.82, 2.24) is 0 Å². The predicted octanol–water partition coefficient (Wildman–Crippen LogP) is 18.9. The second kappa shape index (κ2) is 57.9. The molecule has 0 aromatic rings. The van der Waals surface area contributed by atoms with Crippen LogP contribution in [0.3, 0.4) is 0 Å². The zero-order chi connectivity index (χ0) is 64.7. The van der Waals surface area contributed by atoms with Gasteiger partial charge in [-0.05, 0) is 49.4 Å². The lowest BCUT2D eigenvalue weighted by atomic mass is 9.99. The SMILES string of the molecule is CCC(C)CCCCCCCCCCCCC(=O)OC[C@H](COP(=O)(O)OC[C@@H](O)COP(=O)(O)OC[C@@H](COC(=O)CCCCCCCCC(C)C)OC(=O)CCCCCCCCC(C)CC)OC(=O)CCCCCCCCCCCCC(C)CC. The van der Waals surface area contributed by atoms with Crippen LogP contribution in [0.25, 0.3) is 0 Å². The third-order valence-corrected chi connectivity index (χ3v) is 18.6. The lowest BCUT2D eigenvalue weighted by Gasteiger charge is -2.21. The molecule has 0 amide bonds. The fraction of sp³-hybridized carbons (Fsp3) is 0.941. The zero-order valence-corrected chi connectivity index (χ0v) is 58.4. The lowest BCUT2D eigenvalue weighted by molar-refractivity contribution is -0.161. The summed E-state index contributed by atoms with van der Waals surface area (Å²) in [5.41, 5.74) is 0. The number of phosphoric acid groups is 2. The van der Waals surface area contributed by atoms with Crippen LogP contribution in [0, 0.1) is 23.7 Å². The fourth-order valence-electron chi connectivity index (χ4n) is 10.0. The maximum absolute atomic E-state index is 13.0. The number of rotatable bonds is 65. The molecule has 0 bridgehead atoms. The number of phosphoric ester groups is 2. The van der Waals surface area contributed by atoms with Gasteiger partial charge in [0.05, 0.1) is 26.4 Å². The second-order valence-electron chi connectivity index (χ2n) is 25.8. The molecule has 0 aromatic heterocycles. The van der Waals surface area contributed by atoms with Crippen LogP contribution in [0.4, 0.5) is 0 Å². The van der Waals surface area contributed by atoms with Crippen LogP contribution in [-0.4, -0.2) is 96.7 Å². The molecule has 0 spiro atoms. The van der Waals surface area contributed by atoms with Crippen LogP contribution >= 0.6 is 15.6 Å². The van der Waals surface area contributed by atoms with Crippen molar-refractivity contribution in [1.29, 1.82) is 0 Å². The molecule has 0 heterocycles. The molecule has 0 aliphatic rings. The molecule has 5 unspecified atom stereocenters. The van der Waals surface area contributed by atoms with Gasteiger partial charge in [-0.2, -0.15) is 0 Å². The second-order valence-corrected chi connectivity index (χ2v) is 28.7. The third kappa shape index (κ3) is 58.9. The summed E-state index contributed by atoms with van der Waals surface area (Å²) in [6, 6.07) is 0. The minimum absolute atomic E-state index is 0.101. The lowest BCUT2D eigenvalue weighted by Crippen LogP contribution is -2.30. The Morgan fingerprint density at radius 2 is 0.552 bits per heavy atom. The Kier molecular flexibility index (Phi) is 56.6. The summed E-state index contributed by atoms with van der Waals surface area (Å²) in [7, 11) is -9.90. The van der Waals surface area contributed by atoms with Crippen molar-refractivity contribution >= 4 is 39.5 Å². The average Bonchev–Trinajstić information content (AvgIpc) is 3.70. The van der Waals surface area contributed by atoms with Crippen molar-refractivity contribution in [3.63, 3.8) is 0 Å². The number of aliphatic hydroxyl groups is 1. The standard InChI is InChI=1S/C68H132O17P2/c1-9-59(6)45-37-29-20-16-12-14-18-22-32-40-48-65(70)78-54-63(84-67(72)50-42-34-23-19-15-13-17-21-30-38-46-60(7)10-2)56-82-86(74,75)80-52-62(69)53-81-87(76,77)83-57-64(55-79-66(71)49-41-33-26-24-28-36-44-58(4)5)85-68(73)51-43-35-27-25-31-39-47-61(8)11-3/h58-64,69H,9-57H2,1-8H3,(H,74,75)(H,76,77)/t59?,60?,61?,62-,63-,64-/m1/s1. The molecule has 0 aliphatic carbocycles. The van der Waals surface area contributed by atoms with Crippen molar-refractivity contribution < 1.29 is 80.2 Å². The maximum Gasteiger partial charge on any atom is 0.472 e. The summed E-state index contributed by atoms with van der Waals surface area (Å²) >= 11 is 0. The summed E-state index contributed by atoms with van der Waals surface area (Å²) in [5, 5.41) is 10.6. The van der Waals surface area contributed by atoms with E-state index in [1.807, 2.05) is 0 Å². The van der Waals surface area contributed by atoms with E-state index >= 15 is 0 Å². The number of unbranched alkanes of at least 4 members (excludes halogenated alkanes) is 28. The van der Waals surface area contributed by atoms with Gasteiger partial charge in [-0.3, -0.25) is 37.3 Å². The Balaban J connectivity index is 5.26. The fourth-order valence-corrected chi connectivity index (χ4v) is 11.6. The molecule has 0 aromatic carbocycles. The highest BCUT2D eigenvalue weighted by molar-refractivity contribution is 7.47. The number of aliphatic hydroxyl groups excluding tert-OH is 1. The summed E-state index contributed by atoms with van der Waals surface area (Å²) in [4.78, 5) is 72.4. The van der Waals surface area contributed by atoms with E-state index in [2.05, 4.69) is 55.4 Å². The highest BCUT2D eigenvalue weighted by Gasteiger charge is 2.30. The van der Waals surface area contributed by atoms with E-state index in [9.17, 15) is 43.2 Å². The number of hydrogen-bond acceptors (Lipinski definition) is 15. The van der Waals surface area contributed by atoms with E-state index in [1.54, 1.807) is 0 Å². The molecule has 0 rings (SSSR count). The first-order valence-corrected chi connectivity index (χ1v) is 38.3. The topological polar surface area (TPSA) is 237 Å². The minimum Gasteiger partial charge on any atom is -0.462 e. The molecule has 0 radical (unpaired) electrons. The van der Waals surface area contributed by atoms with Gasteiger partial charge >= 0.3 is 39.5 Å². The Morgan fingerprint density at radius 3 is 0.816 bits per heavy atom. The average molecular weight is 1280 g/mol. The van der Waals surface area contributed by atoms with Crippen LogP contribution in [0.2, 0.25) is 0 Å². The number of ether oxygens (including phenoxy) is 4. The molecule has 3 N–H and O–H groups in total. The van der Waals surface area contributed by atoms with Crippen molar-refractivity contribution in [2.45, 2.75) is 350 Å². The maximum atomic E-state index is 13.0. The van der Waals surface area contributed by atoms with Gasteiger partial charge in [0.1, 0.15) is 19.3 Å². The van der Waals surface area contributed by atoms with Crippen molar-refractivity contribution in [3.05, 3.63) is 0 Å². The Morgan fingerprint density at radius 1 is 0.322 bits per heavy atom. The monoisotopic (exact) mass is 1280 g/mol. The Labute approximate surface area is 530 Å². The first-order chi connectivity index (χ1) is 41.7. The number of carbonyl (C=O) groups excluding carboxylic acids is 4. The molecule has 17 nitrogen and oxygen atoms in total. The molecular weight excluding hydrogens is 1150 g/mol. The van der Waals surface area contributed by atoms with Gasteiger partial charge in [-0.15, -0.1) is 0 Å². The third-order valence-electron chi connectivity index (χ3n) is 16.7. The van der Waals surface area contributed by atoms with Crippen LogP contribution in [-0.2, 0) is 65.4 Å². The van der Waals surface area contributed by atoms with Gasteiger partial charge in [0.15, 0.2) is 12.2 Å². The molecule has 0 saturated carbocycles.